The van der Waals surface area contributed by atoms with Gasteiger partial charge in [0.05, 0.1) is 0 Å². The molecule has 0 saturated carbocycles. The van der Waals surface area contributed by atoms with E-state index >= 15 is 0 Å². The lowest BCUT2D eigenvalue weighted by Gasteiger charge is -2.18. The largest absolute Gasteiger partial charge is 0.462 e. The molecule has 6 heteroatoms. The average Bonchev–Trinajstić information content (AvgIpc) is 3.45. The predicted octanol–water partition coefficient (Wildman–Crippen LogP) is 23.4. The van der Waals surface area contributed by atoms with Gasteiger partial charge in [-0.15, -0.1) is 0 Å². The van der Waals surface area contributed by atoms with E-state index in [0.717, 1.165) is 96.3 Å². The first-order valence-electron chi connectivity index (χ1n) is 34.1. The topological polar surface area (TPSA) is 78.9 Å². The van der Waals surface area contributed by atoms with Gasteiger partial charge in [0, 0.05) is 19.3 Å². The smallest absolute Gasteiger partial charge is 0.306 e. The van der Waals surface area contributed by atoms with Crippen molar-refractivity contribution >= 4 is 17.9 Å². The predicted molar refractivity (Wildman–Crippen MR) is 344 cm³/mol. The summed E-state index contributed by atoms with van der Waals surface area (Å²) in [5, 5.41) is 0. The van der Waals surface area contributed by atoms with Gasteiger partial charge in [-0.2, -0.15) is 0 Å². The number of esters is 3. The lowest BCUT2D eigenvalue weighted by atomic mass is 10.0. The molecule has 0 spiro atoms. The van der Waals surface area contributed by atoms with Crippen molar-refractivity contribution in [2.45, 2.75) is 348 Å². The van der Waals surface area contributed by atoms with Gasteiger partial charge < -0.3 is 14.2 Å². The zero-order chi connectivity index (χ0) is 57.1. The average molecular weight is 1100 g/mol. The van der Waals surface area contributed by atoms with Crippen molar-refractivity contribution < 1.29 is 28.6 Å². The van der Waals surface area contributed by atoms with E-state index in [9.17, 15) is 14.4 Å². The lowest BCUT2D eigenvalue weighted by molar-refractivity contribution is -0.167. The Balaban J connectivity index is 4.37. The molecule has 0 aliphatic rings. The number of carbonyl (C=O) groups excluding carboxylic acids is 3. The molecule has 0 heterocycles. The number of allylic oxidation sites excluding steroid dienone is 14. The van der Waals surface area contributed by atoms with Crippen molar-refractivity contribution in [3.63, 3.8) is 0 Å². The molecule has 79 heavy (non-hydrogen) atoms. The molecule has 0 aliphatic carbocycles. The van der Waals surface area contributed by atoms with E-state index in [4.69, 9.17) is 14.2 Å². The van der Waals surface area contributed by atoms with Gasteiger partial charge in [-0.05, 0) is 116 Å². The van der Waals surface area contributed by atoms with Crippen LogP contribution < -0.4 is 0 Å². The van der Waals surface area contributed by atoms with Crippen molar-refractivity contribution in [1.82, 2.24) is 0 Å². The van der Waals surface area contributed by atoms with Gasteiger partial charge in [0.1, 0.15) is 13.2 Å². The number of carbonyl (C=O) groups is 3. The Morgan fingerprint density at radius 3 is 0.785 bits per heavy atom. The fourth-order valence-corrected chi connectivity index (χ4v) is 9.76. The Morgan fingerprint density at radius 2 is 0.494 bits per heavy atom. The molecule has 0 rings (SSSR count). The van der Waals surface area contributed by atoms with Crippen LogP contribution in [0.15, 0.2) is 85.1 Å². The van der Waals surface area contributed by atoms with Crippen LogP contribution in [0.2, 0.25) is 0 Å². The Hall–Kier alpha value is -3.41. The number of hydrogen-bond donors (Lipinski definition) is 0. The fourth-order valence-electron chi connectivity index (χ4n) is 9.76. The first kappa shape index (κ1) is 75.6. The molecule has 0 saturated heterocycles. The van der Waals surface area contributed by atoms with Gasteiger partial charge in [0.25, 0.3) is 0 Å². The summed E-state index contributed by atoms with van der Waals surface area (Å²) in [6.45, 7) is 6.55. The number of unbranched alkanes of at least 4 members (excludes halogenated alkanes) is 37. The standard InChI is InChI=1S/C73H128O6/c1-4-7-10-13-16-19-22-25-28-31-33-35-36-38-39-42-45-48-51-54-57-60-63-66-72(75)78-69-70(68-77-71(74)65-62-59-56-53-50-47-44-41-30-27-24-21-18-15-12-9-6-3)79-73(76)67-64-61-58-55-52-49-46-43-40-37-34-32-29-26-23-20-17-14-11-8-5-2/h8,11,17,20,22,25-27,29-31,33-34,37,70H,4-7,9-10,12-16,18-19,21,23-24,28,32,35-36,38-69H2,1-3H3/b11-8-,20-17-,25-22-,29-26-,30-27-,33-31-,37-34-. The summed E-state index contributed by atoms with van der Waals surface area (Å²) in [6.07, 6.45) is 88.7. The molecule has 0 bridgehead atoms. The summed E-state index contributed by atoms with van der Waals surface area (Å²) in [7, 11) is 0. The van der Waals surface area contributed by atoms with Crippen LogP contribution in [0.1, 0.15) is 342 Å². The second-order valence-corrected chi connectivity index (χ2v) is 22.7. The van der Waals surface area contributed by atoms with Gasteiger partial charge in [-0.3, -0.25) is 14.4 Å². The number of rotatable bonds is 62. The summed E-state index contributed by atoms with van der Waals surface area (Å²) >= 11 is 0. The van der Waals surface area contributed by atoms with Gasteiger partial charge in [-0.1, -0.05) is 292 Å². The Labute approximate surface area is 490 Å². The second kappa shape index (κ2) is 67.1. The molecule has 1 atom stereocenters. The molecule has 0 radical (unpaired) electrons. The van der Waals surface area contributed by atoms with Crippen LogP contribution >= 0.6 is 0 Å². The molecular weight excluding hydrogens is 973 g/mol. The highest BCUT2D eigenvalue weighted by atomic mass is 16.6. The molecule has 0 fully saturated rings. The second-order valence-electron chi connectivity index (χ2n) is 22.7. The fraction of sp³-hybridized carbons (Fsp3) is 0.767. The van der Waals surface area contributed by atoms with Crippen molar-refractivity contribution in [2.75, 3.05) is 13.2 Å². The summed E-state index contributed by atoms with van der Waals surface area (Å²) in [5.74, 6) is -0.879. The van der Waals surface area contributed by atoms with E-state index in [1.165, 1.54) is 205 Å². The van der Waals surface area contributed by atoms with E-state index in [-0.39, 0.29) is 31.1 Å². The summed E-state index contributed by atoms with van der Waals surface area (Å²) in [5.41, 5.74) is 0. The van der Waals surface area contributed by atoms with Gasteiger partial charge in [0.2, 0.25) is 0 Å². The normalized spacial score (nSPS) is 12.6. The third-order valence-electron chi connectivity index (χ3n) is 14.9. The first-order chi connectivity index (χ1) is 39.0. The van der Waals surface area contributed by atoms with Crippen LogP contribution in [0.5, 0.6) is 0 Å². The summed E-state index contributed by atoms with van der Waals surface area (Å²) in [6, 6.07) is 0. The van der Waals surface area contributed by atoms with Crippen molar-refractivity contribution in [3.8, 4) is 0 Å². The Kier molecular flexibility index (Phi) is 64.2. The van der Waals surface area contributed by atoms with Crippen molar-refractivity contribution in [2.24, 2.45) is 0 Å². The Bertz CT molecular complexity index is 1500. The minimum absolute atomic E-state index is 0.0806. The third-order valence-corrected chi connectivity index (χ3v) is 14.9. The van der Waals surface area contributed by atoms with Crippen LogP contribution in [-0.4, -0.2) is 37.2 Å². The van der Waals surface area contributed by atoms with Crippen molar-refractivity contribution in [1.29, 1.82) is 0 Å². The minimum atomic E-state index is -0.786. The lowest BCUT2D eigenvalue weighted by Crippen LogP contribution is -2.30. The van der Waals surface area contributed by atoms with E-state index in [0.29, 0.717) is 19.3 Å². The summed E-state index contributed by atoms with van der Waals surface area (Å²) in [4.78, 5) is 38.4. The SMILES string of the molecule is CC/C=C\C/C=C\C/C=C\C/C=C\CCCCCCCCCCC(=O)OC(COC(=O)CCCCCCCCC/C=C\CCCCCCCC)COC(=O)CCCCCCCCCCCCC/C=C\C/C=C\CCCCCCC. The number of ether oxygens (including phenoxy) is 3. The highest BCUT2D eigenvalue weighted by Crippen LogP contribution is 2.17. The van der Waals surface area contributed by atoms with Gasteiger partial charge in [0.15, 0.2) is 6.10 Å². The van der Waals surface area contributed by atoms with Gasteiger partial charge >= 0.3 is 17.9 Å². The molecule has 0 aromatic heterocycles. The molecule has 0 aromatic rings. The molecular formula is C73H128O6. The minimum Gasteiger partial charge on any atom is -0.462 e. The highest BCUT2D eigenvalue weighted by molar-refractivity contribution is 5.71. The zero-order valence-electron chi connectivity index (χ0n) is 52.4. The molecule has 0 N–H and O–H groups in total. The van der Waals surface area contributed by atoms with Crippen molar-refractivity contribution in [3.05, 3.63) is 85.1 Å². The molecule has 1 unspecified atom stereocenters. The van der Waals surface area contributed by atoms with Crippen LogP contribution in [-0.2, 0) is 28.6 Å². The van der Waals surface area contributed by atoms with E-state index in [2.05, 4.69) is 106 Å². The van der Waals surface area contributed by atoms with Crippen LogP contribution in [0.4, 0.5) is 0 Å². The number of hydrogen-bond acceptors (Lipinski definition) is 6. The van der Waals surface area contributed by atoms with E-state index in [1.54, 1.807) is 0 Å². The highest BCUT2D eigenvalue weighted by Gasteiger charge is 2.19. The molecule has 0 aliphatic heterocycles. The molecule has 6 nitrogen and oxygen atoms in total. The van der Waals surface area contributed by atoms with Crippen LogP contribution in [0, 0.1) is 0 Å². The van der Waals surface area contributed by atoms with Gasteiger partial charge in [-0.25, -0.2) is 0 Å². The third kappa shape index (κ3) is 65.3. The van der Waals surface area contributed by atoms with Crippen LogP contribution in [0.25, 0.3) is 0 Å². The van der Waals surface area contributed by atoms with E-state index in [1.807, 2.05) is 0 Å². The maximum absolute atomic E-state index is 12.9. The molecule has 0 amide bonds. The van der Waals surface area contributed by atoms with Crippen LogP contribution in [0.3, 0.4) is 0 Å². The summed E-state index contributed by atoms with van der Waals surface area (Å²) < 4.78 is 17.0. The monoisotopic (exact) mass is 1100 g/mol. The maximum atomic E-state index is 12.9. The molecule has 456 valence electrons. The quantitative estimate of drug-likeness (QED) is 0.0261. The first-order valence-corrected chi connectivity index (χ1v) is 34.1. The Morgan fingerprint density at radius 1 is 0.266 bits per heavy atom. The van der Waals surface area contributed by atoms with E-state index < -0.39 is 6.10 Å². The molecule has 0 aromatic carbocycles. The zero-order valence-corrected chi connectivity index (χ0v) is 52.4. The maximum Gasteiger partial charge on any atom is 0.306 e.